The standard InChI is InChI=1S/C15H13BrOS/c1-15(11-17,12-7-9-13(16)10-8-12)18-14-5-3-2-4-6-14/h2-11H,1H3/t15-/m1/s1. The fraction of sp³-hybridized carbons (Fsp3) is 0.133. The molecule has 0 unspecified atom stereocenters. The van der Waals surface area contributed by atoms with Crippen molar-refractivity contribution in [2.24, 2.45) is 0 Å². The van der Waals surface area contributed by atoms with E-state index in [2.05, 4.69) is 15.9 Å². The van der Waals surface area contributed by atoms with Gasteiger partial charge in [0.1, 0.15) is 6.29 Å². The molecule has 18 heavy (non-hydrogen) atoms. The van der Waals surface area contributed by atoms with E-state index >= 15 is 0 Å². The summed E-state index contributed by atoms with van der Waals surface area (Å²) in [6.07, 6.45) is 1.01. The number of hydrogen-bond acceptors (Lipinski definition) is 2. The molecular weight excluding hydrogens is 308 g/mol. The Morgan fingerprint density at radius 3 is 2.22 bits per heavy atom. The summed E-state index contributed by atoms with van der Waals surface area (Å²) >= 11 is 4.97. The molecule has 0 N–H and O–H groups in total. The molecule has 2 aromatic rings. The summed E-state index contributed by atoms with van der Waals surface area (Å²) in [5.74, 6) is 0. The van der Waals surface area contributed by atoms with E-state index in [1.165, 1.54) is 0 Å². The van der Waals surface area contributed by atoms with Crippen molar-refractivity contribution in [3.05, 3.63) is 64.6 Å². The van der Waals surface area contributed by atoms with E-state index < -0.39 is 4.75 Å². The number of benzene rings is 2. The summed E-state index contributed by atoms with van der Waals surface area (Å²) in [6.45, 7) is 1.95. The Morgan fingerprint density at radius 1 is 1.06 bits per heavy atom. The number of carbonyl (C=O) groups is 1. The molecule has 1 nitrogen and oxygen atoms in total. The lowest BCUT2D eigenvalue weighted by Gasteiger charge is -2.23. The van der Waals surface area contributed by atoms with E-state index in [4.69, 9.17) is 0 Å². The van der Waals surface area contributed by atoms with E-state index in [-0.39, 0.29) is 0 Å². The monoisotopic (exact) mass is 320 g/mol. The SMILES string of the molecule is C[C@](C=O)(Sc1ccccc1)c1ccc(Br)cc1. The third-order valence-electron chi connectivity index (χ3n) is 2.72. The van der Waals surface area contributed by atoms with E-state index in [9.17, 15) is 4.79 Å². The van der Waals surface area contributed by atoms with Gasteiger partial charge in [-0.1, -0.05) is 46.3 Å². The van der Waals surface area contributed by atoms with Crippen molar-refractivity contribution in [1.29, 1.82) is 0 Å². The minimum Gasteiger partial charge on any atom is -0.301 e. The molecule has 0 bridgehead atoms. The number of rotatable bonds is 4. The average molecular weight is 321 g/mol. The predicted molar refractivity (Wildman–Crippen MR) is 79.9 cm³/mol. The molecule has 2 rings (SSSR count). The zero-order valence-electron chi connectivity index (χ0n) is 9.97. The molecular formula is C15H13BrOS. The van der Waals surface area contributed by atoms with Crippen LogP contribution in [0, 0.1) is 0 Å². The Bertz CT molecular complexity index is 524. The van der Waals surface area contributed by atoms with Gasteiger partial charge in [0.2, 0.25) is 0 Å². The fourth-order valence-electron chi connectivity index (χ4n) is 1.67. The second-order valence-corrected chi connectivity index (χ2v) is 6.59. The van der Waals surface area contributed by atoms with E-state index in [0.717, 1.165) is 21.2 Å². The molecule has 2 aromatic carbocycles. The number of halogens is 1. The average Bonchev–Trinajstić information content (AvgIpc) is 2.40. The first kappa shape index (κ1) is 13.4. The van der Waals surface area contributed by atoms with Gasteiger partial charge in [-0.15, -0.1) is 11.8 Å². The molecule has 0 aromatic heterocycles. The van der Waals surface area contributed by atoms with Gasteiger partial charge in [-0.05, 0) is 36.8 Å². The molecule has 0 fully saturated rings. The van der Waals surface area contributed by atoms with Gasteiger partial charge in [0.15, 0.2) is 0 Å². The van der Waals surface area contributed by atoms with Crippen LogP contribution in [0.5, 0.6) is 0 Å². The van der Waals surface area contributed by atoms with E-state index in [1.807, 2.05) is 61.5 Å². The summed E-state index contributed by atoms with van der Waals surface area (Å²) in [7, 11) is 0. The highest BCUT2D eigenvalue weighted by molar-refractivity contribution is 9.10. The molecule has 92 valence electrons. The quantitative estimate of drug-likeness (QED) is 0.602. The van der Waals surface area contributed by atoms with Crippen molar-refractivity contribution in [2.75, 3.05) is 0 Å². The zero-order chi connectivity index (χ0) is 13.0. The Balaban J connectivity index is 2.30. The molecule has 0 amide bonds. The molecule has 0 aliphatic rings. The maximum atomic E-state index is 11.5. The maximum absolute atomic E-state index is 11.5. The summed E-state index contributed by atoms with van der Waals surface area (Å²) < 4.78 is 0.464. The number of carbonyl (C=O) groups excluding carboxylic acids is 1. The highest BCUT2D eigenvalue weighted by atomic mass is 79.9. The minimum absolute atomic E-state index is 0.554. The van der Waals surface area contributed by atoms with Crippen LogP contribution in [0.15, 0.2) is 64.0 Å². The van der Waals surface area contributed by atoms with Gasteiger partial charge in [-0.3, -0.25) is 0 Å². The smallest absolute Gasteiger partial charge is 0.140 e. The van der Waals surface area contributed by atoms with Gasteiger partial charge in [-0.25, -0.2) is 0 Å². The minimum atomic E-state index is -0.554. The van der Waals surface area contributed by atoms with Crippen LogP contribution in [0.2, 0.25) is 0 Å². The van der Waals surface area contributed by atoms with Crippen LogP contribution in [0.3, 0.4) is 0 Å². The molecule has 0 aliphatic heterocycles. The van der Waals surface area contributed by atoms with Gasteiger partial charge < -0.3 is 4.79 Å². The molecule has 0 radical (unpaired) electrons. The highest BCUT2D eigenvalue weighted by Crippen LogP contribution is 2.39. The Morgan fingerprint density at radius 2 is 1.67 bits per heavy atom. The van der Waals surface area contributed by atoms with Crippen LogP contribution in [0.1, 0.15) is 12.5 Å². The second-order valence-electron chi connectivity index (χ2n) is 4.15. The topological polar surface area (TPSA) is 17.1 Å². The van der Waals surface area contributed by atoms with E-state index in [0.29, 0.717) is 0 Å². The van der Waals surface area contributed by atoms with Crippen molar-refractivity contribution >= 4 is 34.0 Å². The molecule has 0 heterocycles. The number of thioether (sulfide) groups is 1. The lowest BCUT2D eigenvalue weighted by molar-refractivity contribution is -0.109. The number of hydrogen-bond donors (Lipinski definition) is 0. The van der Waals surface area contributed by atoms with Gasteiger partial charge >= 0.3 is 0 Å². The lowest BCUT2D eigenvalue weighted by atomic mass is 10.0. The highest BCUT2D eigenvalue weighted by Gasteiger charge is 2.27. The van der Waals surface area contributed by atoms with Crippen LogP contribution in [0.4, 0.5) is 0 Å². The van der Waals surface area contributed by atoms with Crippen molar-refractivity contribution in [2.45, 2.75) is 16.6 Å². The fourth-order valence-corrected chi connectivity index (χ4v) is 3.01. The Kier molecular flexibility index (Phi) is 4.25. The largest absolute Gasteiger partial charge is 0.301 e. The second kappa shape index (κ2) is 5.72. The van der Waals surface area contributed by atoms with Crippen molar-refractivity contribution in [1.82, 2.24) is 0 Å². The zero-order valence-corrected chi connectivity index (χ0v) is 12.4. The first-order valence-corrected chi connectivity index (χ1v) is 7.21. The molecule has 1 atom stereocenters. The van der Waals surface area contributed by atoms with Gasteiger partial charge in [0.05, 0.1) is 4.75 Å². The normalized spacial score (nSPS) is 13.9. The Labute approximate surface area is 120 Å². The third-order valence-corrected chi connectivity index (χ3v) is 4.51. The summed E-state index contributed by atoms with van der Waals surface area (Å²) in [5, 5.41) is 0. The van der Waals surface area contributed by atoms with E-state index in [1.54, 1.807) is 11.8 Å². The third kappa shape index (κ3) is 3.03. The first-order valence-electron chi connectivity index (χ1n) is 5.60. The summed E-state index contributed by atoms with van der Waals surface area (Å²) in [4.78, 5) is 12.6. The van der Waals surface area contributed by atoms with Gasteiger partial charge in [-0.2, -0.15) is 0 Å². The Hall–Kier alpha value is -1.06. The van der Waals surface area contributed by atoms with Gasteiger partial charge in [0.25, 0.3) is 0 Å². The maximum Gasteiger partial charge on any atom is 0.140 e. The molecule has 0 saturated heterocycles. The van der Waals surface area contributed by atoms with Crippen LogP contribution in [-0.4, -0.2) is 6.29 Å². The van der Waals surface area contributed by atoms with Crippen LogP contribution < -0.4 is 0 Å². The summed E-state index contributed by atoms with van der Waals surface area (Å²) in [5.41, 5.74) is 1.01. The first-order chi connectivity index (χ1) is 8.64. The predicted octanol–water partition coefficient (Wildman–Crippen LogP) is 4.66. The molecule has 0 spiro atoms. The summed E-state index contributed by atoms with van der Waals surface area (Å²) in [6, 6.07) is 17.9. The molecule has 3 heteroatoms. The number of aldehydes is 1. The van der Waals surface area contributed by atoms with Gasteiger partial charge in [0, 0.05) is 9.37 Å². The molecule has 0 saturated carbocycles. The van der Waals surface area contributed by atoms with Crippen molar-refractivity contribution in [3.63, 3.8) is 0 Å². The van der Waals surface area contributed by atoms with Crippen molar-refractivity contribution < 1.29 is 4.79 Å². The van der Waals surface area contributed by atoms with Crippen LogP contribution >= 0.6 is 27.7 Å². The molecule has 0 aliphatic carbocycles. The lowest BCUT2D eigenvalue weighted by Crippen LogP contribution is -2.18. The van der Waals surface area contributed by atoms with Crippen molar-refractivity contribution in [3.8, 4) is 0 Å². The van der Waals surface area contributed by atoms with Crippen LogP contribution in [-0.2, 0) is 9.54 Å². The van der Waals surface area contributed by atoms with Crippen LogP contribution in [0.25, 0.3) is 0 Å².